The third-order valence-corrected chi connectivity index (χ3v) is 3.61. The van der Waals surface area contributed by atoms with Crippen molar-refractivity contribution in [1.82, 2.24) is 5.32 Å². The van der Waals surface area contributed by atoms with Gasteiger partial charge in [0.15, 0.2) is 0 Å². The fraction of sp³-hybridized carbons (Fsp3) is 0.833. The summed E-state index contributed by atoms with van der Waals surface area (Å²) in [4.78, 5) is 0. The van der Waals surface area contributed by atoms with Crippen LogP contribution in [0, 0.1) is 0 Å². The Hall–Kier alpha value is -0.340. The number of ether oxygens (including phenoxy) is 1. The van der Waals surface area contributed by atoms with E-state index >= 15 is 0 Å². The van der Waals surface area contributed by atoms with Crippen LogP contribution < -0.4 is 5.32 Å². The van der Waals surface area contributed by atoms with Gasteiger partial charge in [-0.25, -0.2) is 0 Å². The SMILES string of the molecule is COCCC(C)=C1CC2CCC(C1)N2. The summed E-state index contributed by atoms with van der Waals surface area (Å²) in [6.45, 7) is 3.15. The molecule has 0 aromatic carbocycles. The highest BCUT2D eigenvalue weighted by molar-refractivity contribution is 5.19. The van der Waals surface area contributed by atoms with Crippen LogP contribution in [0.15, 0.2) is 11.1 Å². The molecular formula is C12H21NO. The second-order valence-electron chi connectivity index (χ2n) is 4.67. The first-order valence-electron chi connectivity index (χ1n) is 5.72. The molecule has 80 valence electrons. The average Bonchev–Trinajstić information content (AvgIpc) is 2.54. The molecule has 0 amide bonds. The summed E-state index contributed by atoms with van der Waals surface area (Å²) in [6, 6.07) is 1.56. The zero-order chi connectivity index (χ0) is 9.97. The Morgan fingerprint density at radius 2 is 2.00 bits per heavy atom. The van der Waals surface area contributed by atoms with Crippen LogP contribution in [0.4, 0.5) is 0 Å². The van der Waals surface area contributed by atoms with Crippen molar-refractivity contribution in [3.05, 3.63) is 11.1 Å². The molecule has 2 aliphatic heterocycles. The Labute approximate surface area is 86.7 Å². The maximum atomic E-state index is 5.12. The molecular weight excluding hydrogens is 174 g/mol. The van der Waals surface area contributed by atoms with Gasteiger partial charge in [0.25, 0.3) is 0 Å². The van der Waals surface area contributed by atoms with E-state index < -0.39 is 0 Å². The second-order valence-corrected chi connectivity index (χ2v) is 4.67. The van der Waals surface area contributed by atoms with Crippen LogP contribution in [0.1, 0.15) is 39.0 Å². The average molecular weight is 195 g/mol. The molecule has 1 N–H and O–H groups in total. The van der Waals surface area contributed by atoms with Gasteiger partial charge in [-0.15, -0.1) is 0 Å². The number of fused-ring (bicyclic) bond motifs is 2. The zero-order valence-electron chi connectivity index (χ0n) is 9.31. The standard InChI is InChI=1S/C12H21NO/c1-9(5-6-14-2)10-7-11-3-4-12(8-10)13-11/h11-13H,3-8H2,1-2H3. The lowest BCUT2D eigenvalue weighted by atomic mass is 9.93. The van der Waals surface area contributed by atoms with Gasteiger partial charge in [0.2, 0.25) is 0 Å². The molecule has 14 heavy (non-hydrogen) atoms. The molecule has 2 unspecified atom stereocenters. The highest BCUT2D eigenvalue weighted by Gasteiger charge is 2.30. The van der Waals surface area contributed by atoms with E-state index in [2.05, 4.69) is 12.2 Å². The first-order valence-corrected chi connectivity index (χ1v) is 5.72. The fourth-order valence-electron chi connectivity index (χ4n) is 2.68. The molecule has 0 aromatic heterocycles. The van der Waals surface area contributed by atoms with Gasteiger partial charge >= 0.3 is 0 Å². The molecule has 2 bridgehead atoms. The zero-order valence-corrected chi connectivity index (χ0v) is 9.31. The molecule has 0 spiro atoms. The highest BCUT2D eigenvalue weighted by atomic mass is 16.5. The first-order chi connectivity index (χ1) is 6.79. The van der Waals surface area contributed by atoms with Gasteiger partial charge in [-0.2, -0.15) is 0 Å². The van der Waals surface area contributed by atoms with Crippen molar-refractivity contribution in [3.63, 3.8) is 0 Å². The molecule has 0 saturated carbocycles. The number of hydrogen-bond donors (Lipinski definition) is 1. The number of nitrogens with one attached hydrogen (secondary N) is 1. The Morgan fingerprint density at radius 3 is 2.57 bits per heavy atom. The van der Waals surface area contributed by atoms with Crippen LogP contribution in [0.2, 0.25) is 0 Å². The monoisotopic (exact) mass is 195 g/mol. The van der Waals surface area contributed by atoms with Gasteiger partial charge in [-0.05, 0) is 39.0 Å². The summed E-state index contributed by atoms with van der Waals surface area (Å²) in [7, 11) is 1.78. The minimum atomic E-state index is 0.779. The van der Waals surface area contributed by atoms with E-state index in [0.29, 0.717) is 0 Å². The van der Waals surface area contributed by atoms with E-state index in [-0.39, 0.29) is 0 Å². The summed E-state index contributed by atoms with van der Waals surface area (Å²) in [6.07, 6.45) is 6.45. The third-order valence-electron chi connectivity index (χ3n) is 3.61. The lowest BCUT2D eigenvalue weighted by Crippen LogP contribution is -2.35. The topological polar surface area (TPSA) is 21.3 Å². The van der Waals surface area contributed by atoms with Crippen LogP contribution in [-0.4, -0.2) is 25.8 Å². The Balaban J connectivity index is 1.96. The lowest BCUT2D eigenvalue weighted by molar-refractivity contribution is 0.201. The van der Waals surface area contributed by atoms with Gasteiger partial charge in [0.05, 0.1) is 0 Å². The minimum absolute atomic E-state index is 0.779. The number of hydrogen-bond acceptors (Lipinski definition) is 2. The fourth-order valence-corrected chi connectivity index (χ4v) is 2.68. The molecule has 0 radical (unpaired) electrons. The summed E-state index contributed by atoms with van der Waals surface area (Å²) in [5.41, 5.74) is 3.28. The Kier molecular flexibility index (Phi) is 3.24. The minimum Gasteiger partial charge on any atom is -0.384 e. The molecule has 2 heterocycles. The smallest absolute Gasteiger partial charge is 0.0499 e. The van der Waals surface area contributed by atoms with Gasteiger partial charge in [-0.3, -0.25) is 0 Å². The predicted molar refractivity (Wildman–Crippen MR) is 58.4 cm³/mol. The maximum Gasteiger partial charge on any atom is 0.0499 e. The van der Waals surface area contributed by atoms with Crippen molar-refractivity contribution in [3.8, 4) is 0 Å². The van der Waals surface area contributed by atoms with E-state index in [1.165, 1.54) is 25.7 Å². The van der Waals surface area contributed by atoms with Crippen LogP contribution in [0.25, 0.3) is 0 Å². The van der Waals surface area contributed by atoms with Crippen LogP contribution >= 0.6 is 0 Å². The van der Waals surface area contributed by atoms with E-state index in [1.54, 1.807) is 18.3 Å². The van der Waals surface area contributed by atoms with E-state index in [0.717, 1.165) is 25.1 Å². The number of piperidine rings is 1. The van der Waals surface area contributed by atoms with Gasteiger partial charge < -0.3 is 10.1 Å². The molecule has 0 aromatic rings. The van der Waals surface area contributed by atoms with Crippen LogP contribution in [-0.2, 0) is 4.74 Å². The molecule has 0 aliphatic carbocycles. The van der Waals surface area contributed by atoms with Crippen molar-refractivity contribution < 1.29 is 4.74 Å². The second kappa shape index (κ2) is 4.45. The third kappa shape index (κ3) is 2.18. The quantitative estimate of drug-likeness (QED) is 0.697. The first kappa shape index (κ1) is 10.2. The molecule has 2 saturated heterocycles. The Morgan fingerprint density at radius 1 is 1.36 bits per heavy atom. The van der Waals surface area contributed by atoms with E-state index in [1.807, 2.05) is 0 Å². The Bertz CT molecular complexity index is 220. The summed E-state index contributed by atoms with van der Waals surface area (Å²) >= 11 is 0. The highest BCUT2D eigenvalue weighted by Crippen LogP contribution is 2.32. The summed E-state index contributed by atoms with van der Waals surface area (Å²) in [5, 5.41) is 3.67. The summed E-state index contributed by atoms with van der Waals surface area (Å²) < 4.78 is 5.12. The van der Waals surface area contributed by atoms with Gasteiger partial charge in [0.1, 0.15) is 0 Å². The van der Waals surface area contributed by atoms with E-state index in [9.17, 15) is 0 Å². The van der Waals surface area contributed by atoms with Crippen molar-refractivity contribution >= 4 is 0 Å². The van der Waals surface area contributed by atoms with Crippen molar-refractivity contribution in [2.24, 2.45) is 0 Å². The van der Waals surface area contributed by atoms with Crippen LogP contribution in [0.5, 0.6) is 0 Å². The van der Waals surface area contributed by atoms with Crippen molar-refractivity contribution in [2.45, 2.75) is 51.1 Å². The van der Waals surface area contributed by atoms with Crippen molar-refractivity contribution in [1.29, 1.82) is 0 Å². The molecule has 2 heteroatoms. The largest absolute Gasteiger partial charge is 0.384 e. The molecule has 2 nitrogen and oxygen atoms in total. The van der Waals surface area contributed by atoms with Crippen LogP contribution in [0.3, 0.4) is 0 Å². The predicted octanol–water partition coefficient (Wildman–Crippen LogP) is 2.25. The van der Waals surface area contributed by atoms with Gasteiger partial charge in [-0.1, -0.05) is 11.1 Å². The molecule has 2 atom stereocenters. The molecule has 2 fully saturated rings. The maximum absolute atomic E-state index is 5.12. The number of methoxy groups -OCH3 is 1. The summed E-state index contributed by atoms with van der Waals surface area (Å²) in [5.74, 6) is 0. The van der Waals surface area contributed by atoms with Crippen molar-refractivity contribution in [2.75, 3.05) is 13.7 Å². The normalized spacial score (nSPS) is 30.9. The van der Waals surface area contributed by atoms with E-state index in [4.69, 9.17) is 4.74 Å². The van der Waals surface area contributed by atoms with Gasteiger partial charge in [0, 0.05) is 25.8 Å². The number of rotatable bonds is 3. The molecule has 2 aliphatic rings. The molecule has 2 rings (SSSR count). The lowest BCUT2D eigenvalue weighted by Gasteiger charge is -2.25.